The van der Waals surface area contributed by atoms with Gasteiger partial charge in [0, 0.05) is 10.5 Å². The Kier molecular flexibility index (Phi) is 3.95. The molecule has 18 heavy (non-hydrogen) atoms. The number of rotatable bonds is 3. The van der Waals surface area contributed by atoms with Gasteiger partial charge >= 0.3 is 0 Å². The Balaban J connectivity index is 2.47. The lowest BCUT2D eigenvalue weighted by molar-refractivity contribution is 0.319. The van der Waals surface area contributed by atoms with E-state index >= 15 is 0 Å². The van der Waals surface area contributed by atoms with Crippen molar-refractivity contribution in [3.05, 3.63) is 57.8 Å². The van der Waals surface area contributed by atoms with Crippen LogP contribution in [0.2, 0.25) is 0 Å². The Bertz CT molecular complexity index is 582. The molecule has 1 aromatic heterocycles. The highest BCUT2D eigenvalue weighted by Gasteiger charge is 2.08. The van der Waals surface area contributed by atoms with Crippen molar-refractivity contribution in [2.75, 3.05) is 0 Å². The van der Waals surface area contributed by atoms with E-state index in [1.807, 2.05) is 43.3 Å². The second-order valence-corrected chi connectivity index (χ2v) is 5.05. The normalized spacial score (nSPS) is 12.8. The highest BCUT2D eigenvalue weighted by atomic mass is 32.1. The van der Waals surface area contributed by atoms with Gasteiger partial charge in [-0.1, -0.05) is 35.5 Å². The van der Waals surface area contributed by atoms with Crippen LogP contribution in [0.25, 0.3) is 11.6 Å². The van der Waals surface area contributed by atoms with E-state index in [1.54, 1.807) is 11.3 Å². The van der Waals surface area contributed by atoms with Crippen LogP contribution in [0.4, 0.5) is 0 Å². The van der Waals surface area contributed by atoms with Gasteiger partial charge < -0.3 is 5.21 Å². The SMILES string of the molecule is CC(=NO)C(=Cc1ccccc1)c1cc(C)cs1. The summed E-state index contributed by atoms with van der Waals surface area (Å²) in [7, 11) is 0. The van der Waals surface area contributed by atoms with E-state index in [2.05, 4.69) is 23.5 Å². The first-order valence-electron chi connectivity index (χ1n) is 5.72. The highest BCUT2D eigenvalue weighted by Crippen LogP contribution is 2.26. The van der Waals surface area contributed by atoms with Gasteiger partial charge in [0.1, 0.15) is 0 Å². The maximum Gasteiger partial charge on any atom is 0.0851 e. The van der Waals surface area contributed by atoms with Crippen molar-refractivity contribution in [2.24, 2.45) is 5.16 Å². The molecule has 1 aromatic carbocycles. The zero-order valence-corrected chi connectivity index (χ0v) is 11.2. The average molecular weight is 257 g/mol. The quantitative estimate of drug-likeness (QED) is 0.492. The lowest BCUT2D eigenvalue weighted by atomic mass is 10.1. The van der Waals surface area contributed by atoms with Gasteiger partial charge in [-0.2, -0.15) is 0 Å². The fraction of sp³-hybridized carbons (Fsp3) is 0.133. The monoisotopic (exact) mass is 257 g/mol. The van der Waals surface area contributed by atoms with Gasteiger partial charge in [-0.05, 0) is 42.5 Å². The van der Waals surface area contributed by atoms with Crippen molar-refractivity contribution < 1.29 is 5.21 Å². The van der Waals surface area contributed by atoms with E-state index in [0.29, 0.717) is 5.71 Å². The van der Waals surface area contributed by atoms with Crippen LogP contribution in [0.3, 0.4) is 0 Å². The maximum atomic E-state index is 9.00. The van der Waals surface area contributed by atoms with E-state index in [-0.39, 0.29) is 0 Å². The maximum absolute atomic E-state index is 9.00. The molecule has 0 atom stereocenters. The van der Waals surface area contributed by atoms with Crippen molar-refractivity contribution in [1.82, 2.24) is 0 Å². The summed E-state index contributed by atoms with van der Waals surface area (Å²) in [4.78, 5) is 1.12. The zero-order chi connectivity index (χ0) is 13.0. The van der Waals surface area contributed by atoms with Crippen LogP contribution in [-0.2, 0) is 0 Å². The summed E-state index contributed by atoms with van der Waals surface area (Å²) in [6.07, 6.45) is 2.04. The molecule has 3 heteroatoms. The second kappa shape index (κ2) is 5.65. The smallest absolute Gasteiger partial charge is 0.0851 e. The summed E-state index contributed by atoms with van der Waals surface area (Å²) in [6.45, 7) is 3.87. The molecule has 92 valence electrons. The first kappa shape index (κ1) is 12.6. The van der Waals surface area contributed by atoms with Gasteiger partial charge in [-0.3, -0.25) is 0 Å². The summed E-state index contributed by atoms with van der Waals surface area (Å²) < 4.78 is 0. The largest absolute Gasteiger partial charge is 0.411 e. The molecule has 2 aromatic rings. The molecule has 1 heterocycles. The predicted molar refractivity (Wildman–Crippen MR) is 78.3 cm³/mol. The Labute approximate surface area is 111 Å². The minimum Gasteiger partial charge on any atom is -0.411 e. The summed E-state index contributed by atoms with van der Waals surface area (Å²) in [5.74, 6) is 0. The Morgan fingerprint density at radius 3 is 2.56 bits per heavy atom. The molecule has 0 bridgehead atoms. The summed E-state index contributed by atoms with van der Waals surface area (Å²) in [5.41, 5.74) is 3.91. The number of oxime groups is 1. The van der Waals surface area contributed by atoms with Crippen LogP contribution >= 0.6 is 11.3 Å². The Morgan fingerprint density at radius 1 is 1.28 bits per heavy atom. The van der Waals surface area contributed by atoms with Crippen LogP contribution in [0.1, 0.15) is 22.9 Å². The molecule has 2 rings (SSSR count). The lowest BCUT2D eigenvalue weighted by Gasteiger charge is -2.03. The molecule has 0 saturated heterocycles. The second-order valence-electron chi connectivity index (χ2n) is 4.14. The molecule has 0 saturated carbocycles. The highest BCUT2D eigenvalue weighted by molar-refractivity contribution is 7.11. The molecular weight excluding hydrogens is 242 g/mol. The van der Waals surface area contributed by atoms with Crippen LogP contribution in [-0.4, -0.2) is 10.9 Å². The van der Waals surface area contributed by atoms with Gasteiger partial charge in [0.05, 0.1) is 5.71 Å². The molecule has 0 aliphatic heterocycles. The number of hydrogen-bond donors (Lipinski definition) is 1. The minimum absolute atomic E-state index is 0.626. The number of nitrogens with zero attached hydrogens (tertiary/aromatic N) is 1. The fourth-order valence-corrected chi connectivity index (χ4v) is 2.66. The van der Waals surface area contributed by atoms with Gasteiger partial charge in [-0.15, -0.1) is 11.3 Å². The topological polar surface area (TPSA) is 32.6 Å². The molecule has 0 aliphatic rings. The predicted octanol–water partition coefficient (Wildman–Crippen LogP) is 4.45. The molecule has 0 radical (unpaired) electrons. The van der Waals surface area contributed by atoms with Crippen LogP contribution < -0.4 is 0 Å². The van der Waals surface area contributed by atoms with Crippen molar-refractivity contribution >= 4 is 28.7 Å². The number of benzene rings is 1. The molecule has 0 unspecified atom stereocenters. The number of aryl methyl sites for hydroxylation is 1. The Hall–Kier alpha value is -1.87. The van der Waals surface area contributed by atoms with Gasteiger partial charge in [0.2, 0.25) is 0 Å². The van der Waals surface area contributed by atoms with Gasteiger partial charge in [0.15, 0.2) is 0 Å². The molecule has 2 nitrogen and oxygen atoms in total. The molecule has 1 N–H and O–H groups in total. The van der Waals surface area contributed by atoms with Crippen LogP contribution in [0.15, 0.2) is 46.9 Å². The van der Waals surface area contributed by atoms with E-state index in [9.17, 15) is 0 Å². The summed E-state index contributed by atoms with van der Waals surface area (Å²) in [6, 6.07) is 12.1. The first-order valence-corrected chi connectivity index (χ1v) is 6.60. The van der Waals surface area contributed by atoms with Crippen LogP contribution in [0.5, 0.6) is 0 Å². The summed E-state index contributed by atoms with van der Waals surface area (Å²) in [5, 5.41) is 14.4. The molecule has 0 spiro atoms. The Morgan fingerprint density at radius 2 is 2.00 bits per heavy atom. The molecular formula is C15H15NOS. The van der Waals surface area contributed by atoms with E-state index in [1.165, 1.54) is 5.56 Å². The molecule has 0 fully saturated rings. The van der Waals surface area contributed by atoms with Gasteiger partial charge in [-0.25, -0.2) is 0 Å². The van der Waals surface area contributed by atoms with Crippen molar-refractivity contribution in [2.45, 2.75) is 13.8 Å². The first-order chi connectivity index (χ1) is 8.70. The standard InChI is InChI=1S/C15H15NOS/c1-11-8-15(18-10-11)14(12(2)16-17)9-13-6-4-3-5-7-13/h3-10,17H,1-2H3. The van der Waals surface area contributed by atoms with Crippen molar-refractivity contribution in [1.29, 1.82) is 0 Å². The van der Waals surface area contributed by atoms with Crippen LogP contribution in [0, 0.1) is 6.92 Å². The molecule has 0 amide bonds. The third-order valence-corrected chi connectivity index (χ3v) is 3.73. The number of allylic oxidation sites excluding steroid dienone is 1. The average Bonchev–Trinajstić information content (AvgIpc) is 2.83. The van der Waals surface area contributed by atoms with Crippen molar-refractivity contribution in [3.8, 4) is 0 Å². The number of thiophene rings is 1. The minimum atomic E-state index is 0.626. The number of hydrogen-bond acceptors (Lipinski definition) is 3. The zero-order valence-electron chi connectivity index (χ0n) is 10.4. The third-order valence-electron chi connectivity index (χ3n) is 2.65. The van der Waals surface area contributed by atoms with E-state index in [4.69, 9.17) is 5.21 Å². The lowest BCUT2D eigenvalue weighted by Crippen LogP contribution is -1.95. The van der Waals surface area contributed by atoms with E-state index < -0.39 is 0 Å². The summed E-state index contributed by atoms with van der Waals surface area (Å²) >= 11 is 1.66. The van der Waals surface area contributed by atoms with Gasteiger partial charge in [0.25, 0.3) is 0 Å². The van der Waals surface area contributed by atoms with Crippen molar-refractivity contribution in [3.63, 3.8) is 0 Å². The third kappa shape index (κ3) is 2.87. The fourth-order valence-electron chi connectivity index (χ4n) is 1.70. The van der Waals surface area contributed by atoms with E-state index in [0.717, 1.165) is 16.0 Å². The molecule has 0 aliphatic carbocycles.